The van der Waals surface area contributed by atoms with Gasteiger partial charge < -0.3 is 5.41 Å². The number of allylic oxidation sites excluding steroid dienone is 2. The fourth-order valence-electron chi connectivity index (χ4n) is 9.74. The van der Waals surface area contributed by atoms with Gasteiger partial charge >= 0.3 is 0 Å². The molecule has 27 heavy (non-hydrogen) atoms. The highest BCUT2D eigenvalue weighted by atomic mass is 14.6. The lowest BCUT2D eigenvalue weighted by atomic mass is 9.53. The number of hydrogen-bond acceptors (Lipinski definition) is 1. The second kappa shape index (κ2) is 6.20. The van der Waals surface area contributed by atoms with Crippen LogP contribution in [0.25, 0.3) is 0 Å². The highest BCUT2D eigenvalue weighted by Gasteiger charge is 2.56. The molecular weight excluding hydrogens is 326 g/mol. The molecule has 1 heteroatoms. The van der Waals surface area contributed by atoms with Gasteiger partial charge in [0.05, 0.1) is 0 Å². The number of nitrogens with one attached hydrogen (secondary N) is 1. The summed E-state index contributed by atoms with van der Waals surface area (Å²) in [5, 5.41) is 9.32. The van der Waals surface area contributed by atoms with Crippen LogP contribution in [0.4, 0.5) is 0 Å². The number of fused-ring (bicyclic) bond motifs is 7. The zero-order valence-corrected chi connectivity index (χ0v) is 17.6. The predicted molar refractivity (Wildman–Crippen MR) is 112 cm³/mol. The Kier molecular flexibility index (Phi) is 3.97. The third-order valence-corrected chi connectivity index (χ3v) is 10.5. The standard InChI is InChI=1S/C26H39N/c1-14-9-16-5-3-4-6-20(14)24-15(2)10-18-11-19-13-22-17(12-23(24)25(18)22)7-8-21(16)26(19)27/h14-19,21-23,25,27H,3-13H2,1-2H3/b24-20+,27-26?/t14?,15-,16?,17?,18?,19-,21?,22?,23?,25?/m0/s1. The van der Waals surface area contributed by atoms with E-state index in [0.717, 1.165) is 47.3 Å². The molecule has 0 saturated heterocycles. The molecule has 6 aliphatic carbocycles. The van der Waals surface area contributed by atoms with Crippen molar-refractivity contribution in [1.29, 1.82) is 5.41 Å². The van der Waals surface area contributed by atoms with E-state index < -0.39 is 0 Å². The third kappa shape index (κ3) is 2.45. The van der Waals surface area contributed by atoms with Crippen molar-refractivity contribution in [2.45, 2.75) is 84.5 Å². The van der Waals surface area contributed by atoms with E-state index in [1.165, 1.54) is 76.3 Å². The van der Waals surface area contributed by atoms with Crippen LogP contribution in [0.15, 0.2) is 11.1 Å². The first-order chi connectivity index (χ1) is 13.1. The van der Waals surface area contributed by atoms with Gasteiger partial charge in [-0.2, -0.15) is 0 Å². The highest BCUT2D eigenvalue weighted by molar-refractivity contribution is 5.86. The maximum atomic E-state index is 9.32. The van der Waals surface area contributed by atoms with Crippen LogP contribution in [0.3, 0.4) is 0 Å². The van der Waals surface area contributed by atoms with E-state index >= 15 is 0 Å². The van der Waals surface area contributed by atoms with E-state index in [1.807, 2.05) is 11.1 Å². The van der Waals surface area contributed by atoms with Crippen LogP contribution in [0.1, 0.15) is 84.5 Å². The van der Waals surface area contributed by atoms with Crippen molar-refractivity contribution in [2.75, 3.05) is 0 Å². The molecule has 1 N–H and O–H groups in total. The van der Waals surface area contributed by atoms with Gasteiger partial charge in [-0.15, -0.1) is 0 Å². The molecule has 6 aliphatic rings. The Morgan fingerprint density at radius 2 is 1.59 bits per heavy atom. The average Bonchev–Trinajstić information content (AvgIpc) is 2.97. The van der Waals surface area contributed by atoms with E-state index in [4.69, 9.17) is 0 Å². The van der Waals surface area contributed by atoms with Gasteiger partial charge in [0.2, 0.25) is 0 Å². The summed E-state index contributed by atoms with van der Waals surface area (Å²) in [4.78, 5) is 0. The highest BCUT2D eigenvalue weighted by Crippen LogP contribution is 2.64. The molecule has 0 heterocycles. The maximum Gasteiger partial charge on any atom is 0.0154 e. The normalized spacial score (nSPS) is 56.7. The van der Waals surface area contributed by atoms with Gasteiger partial charge in [-0.25, -0.2) is 0 Å². The minimum absolute atomic E-state index is 0.632. The molecule has 6 rings (SSSR count). The maximum absolute atomic E-state index is 9.32. The summed E-state index contributed by atoms with van der Waals surface area (Å²) in [7, 11) is 0. The number of rotatable bonds is 0. The van der Waals surface area contributed by atoms with Crippen molar-refractivity contribution in [1.82, 2.24) is 0 Å². The molecule has 0 aromatic rings. The van der Waals surface area contributed by atoms with Crippen molar-refractivity contribution in [3.63, 3.8) is 0 Å². The second-order valence-corrected chi connectivity index (χ2v) is 11.7. The minimum Gasteiger partial charge on any atom is -0.309 e. The Bertz CT molecular complexity index is 674. The molecule has 5 saturated carbocycles. The molecule has 0 radical (unpaired) electrons. The van der Waals surface area contributed by atoms with E-state index in [0.29, 0.717) is 11.8 Å². The molecule has 5 fully saturated rings. The van der Waals surface area contributed by atoms with Crippen LogP contribution < -0.4 is 0 Å². The van der Waals surface area contributed by atoms with Crippen LogP contribution >= 0.6 is 0 Å². The quantitative estimate of drug-likeness (QED) is 0.453. The van der Waals surface area contributed by atoms with Gasteiger partial charge in [0.1, 0.15) is 0 Å². The Morgan fingerprint density at radius 1 is 0.741 bits per heavy atom. The van der Waals surface area contributed by atoms with Gasteiger partial charge in [0.15, 0.2) is 0 Å². The van der Waals surface area contributed by atoms with E-state index in [2.05, 4.69) is 13.8 Å². The third-order valence-electron chi connectivity index (χ3n) is 10.5. The molecule has 8 unspecified atom stereocenters. The molecular formula is C26H39N. The summed E-state index contributed by atoms with van der Waals surface area (Å²) in [6.07, 6.45) is 15.6. The molecule has 0 aromatic carbocycles. The van der Waals surface area contributed by atoms with Crippen LogP contribution in [-0.4, -0.2) is 5.71 Å². The molecule has 0 aromatic heterocycles. The van der Waals surface area contributed by atoms with Crippen molar-refractivity contribution in [3.05, 3.63) is 11.1 Å². The van der Waals surface area contributed by atoms with Crippen molar-refractivity contribution in [3.8, 4) is 0 Å². The van der Waals surface area contributed by atoms with Gasteiger partial charge in [-0.05, 0) is 123 Å². The largest absolute Gasteiger partial charge is 0.309 e. The first-order valence-corrected chi connectivity index (χ1v) is 12.4. The molecule has 1 nitrogen and oxygen atoms in total. The average molecular weight is 366 g/mol. The first-order valence-electron chi connectivity index (χ1n) is 12.4. The van der Waals surface area contributed by atoms with Gasteiger partial charge in [-0.1, -0.05) is 31.4 Å². The van der Waals surface area contributed by atoms with E-state index in [1.54, 1.807) is 0 Å². The lowest BCUT2D eigenvalue weighted by Crippen LogP contribution is -2.45. The topological polar surface area (TPSA) is 23.9 Å². The van der Waals surface area contributed by atoms with Crippen LogP contribution in [0.5, 0.6) is 0 Å². The van der Waals surface area contributed by atoms with Crippen LogP contribution in [0.2, 0.25) is 0 Å². The summed E-state index contributed by atoms with van der Waals surface area (Å²) in [6.45, 7) is 5.17. The molecule has 0 spiro atoms. The van der Waals surface area contributed by atoms with E-state index in [9.17, 15) is 5.41 Å². The van der Waals surface area contributed by atoms with Crippen molar-refractivity contribution >= 4 is 5.71 Å². The molecule has 0 aliphatic heterocycles. The van der Waals surface area contributed by atoms with E-state index in [-0.39, 0.29) is 0 Å². The lowest BCUT2D eigenvalue weighted by molar-refractivity contribution is 0.0628. The predicted octanol–water partition coefficient (Wildman–Crippen LogP) is 6.88. The lowest BCUT2D eigenvalue weighted by Gasteiger charge is -2.51. The molecule has 10 atom stereocenters. The summed E-state index contributed by atoms with van der Waals surface area (Å²) >= 11 is 0. The zero-order chi connectivity index (χ0) is 18.3. The smallest absolute Gasteiger partial charge is 0.0154 e. The van der Waals surface area contributed by atoms with Crippen LogP contribution in [0, 0.1) is 64.6 Å². The Balaban J connectivity index is 1.58. The fraction of sp³-hybridized carbons (Fsp3) is 0.885. The summed E-state index contributed by atoms with van der Waals surface area (Å²) in [5.74, 6) is 8.56. The van der Waals surface area contributed by atoms with Crippen molar-refractivity contribution < 1.29 is 0 Å². The minimum atomic E-state index is 0.632. The summed E-state index contributed by atoms with van der Waals surface area (Å²) < 4.78 is 0. The second-order valence-electron chi connectivity index (χ2n) is 11.7. The van der Waals surface area contributed by atoms with Crippen molar-refractivity contribution in [2.24, 2.45) is 59.2 Å². The van der Waals surface area contributed by atoms with Gasteiger partial charge in [0, 0.05) is 5.71 Å². The fourth-order valence-corrected chi connectivity index (χ4v) is 9.74. The SMILES string of the molecule is CC1CC2CCCC/C1=C1\C3CC4CCC2C(=N)[C@H]2CC(C[C@@H]1C)C3C4C2. The summed E-state index contributed by atoms with van der Waals surface area (Å²) in [5.41, 5.74) is 5.17. The monoisotopic (exact) mass is 365 g/mol. The Morgan fingerprint density at radius 3 is 2.48 bits per heavy atom. The molecule has 0 amide bonds. The first kappa shape index (κ1) is 17.3. The van der Waals surface area contributed by atoms with Gasteiger partial charge in [-0.3, -0.25) is 0 Å². The van der Waals surface area contributed by atoms with Gasteiger partial charge in [0.25, 0.3) is 0 Å². The number of hydrogen-bond donors (Lipinski definition) is 1. The Labute approximate surface area is 166 Å². The molecule has 148 valence electrons. The Hall–Kier alpha value is -0.590. The molecule has 7 bridgehead atoms. The zero-order valence-electron chi connectivity index (χ0n) is 17.6. The van der Waals surface area contributed by atoms with Crippen LogP contribution in [-0.2, 0) is 0 Å². The summed E-state index contributed by atoms with van der Waals surface area (Å²) in [6, 6.07) is 0.